The van der Waals surface area contributed by atoms with Gasteiger partial charge in [0.2, 0.25) is 11.8 Å². The second-order valence-corrected chi connectivity index (χ2v) is 28.2. The van der Waals surface area contributed by atoms with Crippen LogP contribution in [-0.4, -0.2) is 123 Å². The molecule has 2 amide bonds. The van der Waals surface area contributed by atoms with Gasteiger partial charge in [-0.2, -0.15) is 0 Å². The quantitative estimate of drug-likeness (QED) is 0.0597. The first-order chi connectivity index (χ1) is 38.5. The lowest BCUT2D eigenvalue weighted by molar-refractivity contribution is -0.00240. The molecule has 0 spiro atoms. The third kappa shape index (κ3) is 18.6. The number of likely N-dealkylation sites (tertiary alicyclic amines) is 1. The van der Waals surface area contributed by atoms with Crippen molar-refractivity contribution >= 4 is 34.7 Å². The van der Waals surface area contributed by atoms with Crippen LogP contribution in [-0.2, 0) is 35.1 Å². The maximum atomic E-state index is 13.7. The SMILES string of the molecule is CC(C)(C)OC(=O)N1[C@H](Cc2ccc(C(=O)O)cc2)CC[C@@H]1[C@H](O[Si](C)(C)C(C)(C)C)c1ccccc1.CNCc1cccnc1OC.COc1ncccc1CN(C)C(=O)c1ccc(C[C@@H]2CC[C@H]([C@H](O)c3ccccc3)N2)cc1.[B]. The predicted octanol–water partition coefficient (Wildman–Crippen LogP) is 11.6. The number of amides is 2. The van der Waals surface area contributed by atoms with Crippen LogP contribution in [0.4, 0.5) is 4.79 Å². The van der Waals surface area contributed by atoms with Crippen molar-refractivity contribution in [2.24, 2.45) is 0 Å². The molecule has 2 aliphatic heterocycles. The summed E-state index contributed by atoms with van der Waals surface area (Å²) in [6.07, 6.45) is 7.36. The smallest absolute Gasteiger partial charge is 0.410 e. The number of ether oxygens (including phenoxy) is 3. The Hall–Kier alpha value is -6.89. The Morgan fingerprint density at radius 1 is 0.720 bits per heavy atom. The van der Waals surface area contributed by atoms with Crippen LogP contribution < -0.4 is 20.1 Å². The van der Waals surface area contributed by atoms with Gasteiger partial charge in [-0.15, -0.1) is 0 Å². The number of methoxy groups -OCH3 is 2. The molecule has 17 heteroatoms. The van der Waals surface area contributed by atoms with E-state index in [1.54, 1.807) is 50.7 Å². The summed E-state index contributed by atoms with van der Waals surface area (Å²) in [6.45, 7) is 18.0. The van der Waals surface area contributed by atoms with E-state index in [0.717, 1.165) is 66.5 Å². The Morgan fingerprint density at radius 2 is 1.26 bits per heavy atom. The van der Waals surface area contributed by atoms with Gasteiger partial charge in [0.1, 0.15) is 5.60 Å². The second-order valence-electron chi connectivity index (χ2n) is 23.4. The summed E-state index contributed by atoms with van der Waals surface area (Å²) in [7, 11) is 4.71. The van der Waals surface area contributed by atoms with Gasteiger partial charge in [0.05, 0.1) is 44.6 Å². The van der Waals surface area contributed by atoms with Crippen LogP contribution in [0.5, 0.6) is 11.8 Å². The lowest BCUT2D eigenvalue weighted by atomic mass is 10.0. The number of aliphatic hydroxyl groups is 1. The fourth-order valence-corrected chi connectivity index (χ4v) is 11.3. The van der Waals surface area contributed by atoms with Crippen LogP contribution in [0.15, 0.2) is 146 Å². The first-order valence-corrected chi connectivity index (χ1v) is 30.9. The molecule has 2 aromatic heterocycles. The maximum absolute atomic E-state index is 13.7. The number of carbonyl (C=O) groups excluding carboxylic acids is 2. The van der Waals surface area contributed by atoms with Gasteiger partial charge in [0.15, 0.2) is 8.32 Å². The zero-order valence-corrected chi connectivity index (χ0v) is 51.1. The van der Waals surface area contributed by atoms with Crippen LogP contribution in [0.25, 0.3) is 0 Å². The fraction of sp³-hybridized carbons (Fsp3) is 0.431. The molecular weight excluding hydrogens is 1050 g/mol. The van der Waals surface area contributed by atoms with Gasteiger partial charge in [-0.25, -0.2) is 19.6 Å². The summed E-state index contributed by atoms with van der Waals surface area (Å²) < 4.78 is 23.3. The predicted molar refractivity (Wildman–Crippen MR) is 327 cm³/mol. The molecule has 4 heterocycles. The molecule has 8 rings (SSSR count). The van der Waals surface area contributed by atoms with Crippen molar-refractivity contribution < 1.29 is 43.2 Å². The van der Waals surface area contributed by atoms with Gasteiger partial charge >= 0.3 is 12.1 Å². The number of aromatic carboxylic acids is 1. The summed E-state index contributed by atoms with van der Waals surface area (Å²) in [4.78, 5) is 49.7. The van der Waals surface area contributed by atoms with Gasteiger partial charge < -0.3 is 44.4 Å². The highest BCUT2D eigenvalue weighted by Gasteiger charge is 2.48. The largest absolute Gasteiger partial charge is 0.481 e. The lowest BCUT2D eigenvalue weighted by Crippen LogP contribution is -2.50. The topological polar surface area (TPSA) is 185 Å². The van der Waals surface area contributed by atoms with E-state index in [0.29, 0.717) is 36.3 Å². The molecule has 0 aliphatic carbocycles. The molecule has 2 saturated heterocycles. The number of hydrogen-bond donors (Lipinski definition) is 4. The summed E-state index contributed by atoms with van der Waals surface area (Å²) in [5, 5.41) is 26.6. The highest BCUT2D eigenvalue weighted by atomic mass is 28.4. The standard InChI is InChI=1S/C30H43NO5Si.C27H31N3O3.C8H12N2O.B/c1-29(2,3)35-28(34)31-24(20-21-14-16-23(17-15-21)27(32)33)18-19-25(31)26(22-12-10-9-11-13-22)36-37(7,8)30(4,5)6;1-30(18-22-9-6-16-28-26(22)33-2)27(32)21-12-10-19(11-13-21)17-23-14-15-24(29-23)25(31)20-7-4-3-5-8-20;1-9-6-7-4-3-5-10-8(7)11-2;/h9-17,24-26H,18-20H2,1-8H3,(H,32,33);3-13,16,23-25,29,31H,14-15,17-18H2,1-2H3;3-5,9H,6H2,1-2H3;/t24-,25+,26+;23-,24+,25+;;/m00../s1. The Bertz CT molecular complexity index is 2920. The van der Waals surface area contributed by atoms with E-state index < -0.39 is 26.0 Å². The highest BCUT2D eigenvalue weighted by molar-refractivity contribution is 6.74. The third-order valence-electron chi connectivity index (χ3n) is 15.2. The average molecular weight is 1130 g/mol. The molecule has 4 N–H and O–H groups in total. The zero-order valence-electron chi connectivity index (χ0n) is 50.1. The number of nitrogens with one attached hydrogen (secondary N) is 2. The summed E-state index contributed by atoms with van der Waals surface area (Å²) in [5.41, 5.74) is 6.42. The number of benzene rings is 4. The molecule has 2 fully saturated rings. The molecule has 4 aromatic carbocycles. The third-order valence-corrected chi connectivity index (χ3v) is 19.7. The van der Waals surface area contributed by atoms with E-state index in [4.69, 9.17) is 18.6 Å². The van der Waals surface area contributed by atoms with E-state index in [-0.39, 0.29) is 55.2 Å². The lowest BCUT2D eigenvalue weighted by Gasteiger charge is -2.43. The van der Waals surface area contributed by atoms with E-state index in [9.17, 15) is 24.6 Å². The van der Waals surface area contributed by atoms with Crippen LogP contribution in [0.2, 0.25) is 18.1 Å². The van der Waals surface area contributed by atoms with Crippen molar-refractivity contribution in [1.82, 2.24) is 30.4 Å². The molecule has 0 unspecified atom stereocenters. The van der Waals surface area contributed by atoms with Crippen molar-refractivity contribution in [3.05, 3.63) is 190 Å². The Balaban J connectivity index is 0.000000252. The van der Waals surface area contributed by atoms with Crippen molar-refractivity contribution in [3.63, 3.8) is 0 Å². The van der Waals surface area contributed by atoms with Crippen LogP contribution in [0.1, 0.15) is 134 Å². The molecule has 437 valence electrons. The van der Waals surface area contributed by atoms with E-state index in [1.807, 2.05) is 142 Å². The van der Waals surface area contributed by atoms with Gasteiger partial charge in [-0.3, -0.25) is 9.69 Å². The normalized spacial score (nSPS) is 17.6. The minimum Gasteiger partial charge on any atom is -0.481 e. The molecule has 3 radical (unpaired) electrons. The second kappa shape index (κ2) is 30.4. The van der Waals surface area contributed by atoms with E-state index in [1.165, 1.54) is 5.56 Å². The number of aliphatic hydroxyl groups excluding tert-OH is 1. The number of carbonyl (C=O) groups is 3. The highest BCUT2D eigenvalue weighted by Crippen LogP contribution is 2.44. The molecule has 2 aliphatic rings. The average Bonchev–Trinajstić information content (AvgIpc) is 4.23. The van der Waals surface area contributed by atoms with Gasteiger partial charge in [0, 0.05) is 69.2 Å². The van der Waals surface area contributed by atoms with Crippen molar-refractivity contribution in [1.29, 1.82) is 0 Å². The van der Waals surface area contributed by atoms with Gasteiger partial charge in [-0.05, 0) is 143 Å². The van der Waals surface area contributed by atoms with Gasteiger partial charge in [-0.1, -0.05) is 118 Å². The van der Waals surface area contributed by atoms with E-state index in [2.05, 4.69) is 66.6 Å². The first-order valence-electron chi connectivity index (χ1n) is 28.0. The van der Waals surface area contributed by atoms with E-state index >= 15 is 0 Å². The monoisotopic (exact) mass is 1130 g/mol. The summed E-state index contributed by atoms with van der Waals surface area (Å²) in [5.74, 6) is 0.239. The van der Waals surface area contributed by atoms with Crippen molar-refractivity contribution in [2.45, 2.75) is 153 Å². The minimum atomic E-state index is -2.18. The summed E-state index contributed by atoms with van der Waals surface area (Å²) in [6, 6.07) is 42.5. The van der Waals surface area contributed by atoms with Crippen LogP contribution in [0, 0.1) is 0 Å². The van der Waals surface area contributed by atoms with Crippen molar-refractivity contribution in [2.75, 3.05) is 28.3 Å². The molecule has 82 heavy (non-hydrogen) atoms. The van der Waals surface area contributed by atoms with Crippen molar-refractivity contribution in [3.8, 4) is 11.8 Å². The molecule has 15 nitrogen and oxygen atoms in total. The number of pyridine rings is 2. The van der Waals surface area contributed by atoms with Gasteiger partial charge in [0.25, 0.3) is 5.91 Å². The Kier molecular flexibility index (Phi) is 24.5. The molecule has 6 aromatic rings. The molecule has 0 saturated carbocycles. The molecule has 6 atom stereocenters. The zero-order chi connectivity index (χ0) is 58.9. The minimum absolute atomic E-state index is 0. The number of carboxylic acids is 1. The van der Waals surface area contributed by atoms with Crippen LogP contribution >= 0.6 is 0 Å². The number of hydrogen-bond acceptors (Lipinski definition) is 12. The number of carboxylic acid groups (broad SMARTS) is 1. The maximum Gasteiger partial charge on any atom is 0.410 e. The fourth-order valence-electron chi connectivity index (χ4n) is 9.99. The Morgan fingerprint density at radius 3 is 1.79 bits per heavy atom. The van der Waals surface area contributed by atoms with Crippen LogP contribution in [0.3, 0.4) is 0 Å². The number of aromatic nitrogens is 2. The first kappa shape index (κ1) is 65.9. The molecule has 0 bridgehead atoms. The molecular formula is C65H86BN6O9Si. The number of nitrogens with zero attached hydrogens (tertiary/aromatic N) is 4. The number of rotatable bonds is 18. The summed E-state index contributed by atoms with van der Waals surface area (Å²) >= 11 is 0. The Labute approximate surface area is 489 Å².